The molecule has 0 amide bonds. The topological polar surface area (TPSA) is 24.9 Å². The van der Waals surface area contributed by atoms with Crippen LogP contribution in [0.3, 0.4) is 0 Å². The second-order valence-corrected chi connectivity index (χ2v) is 12.7. The molecule has 4 nitrogen and oxygen atoms in total. The molecule has 2 atom stereocenters. The molecule has 4 heteroatoms. The zero-order chi connectivity index (χ0) is 24.2. The van der Waals surface area contributed by atoms with Crippen molar-refractivity contribution in [3.63, 3.8) is 0 Å². The maximum absolute atomic E-state index is 6.43. The van der Waals surface area contributed by atoms with Crippen LogP contribution in [-0.2, 0) is 9.68 Å². The van der Waals surface area contributed by atoms with E-state index in [4.69, 9.17) is 9.68 Å². The van der Waals surface area contributed by atoms with Gasteiger partial charge in [0.2, 0.25) is 0 Å². The van der Waals surface area contributed by atoms with Crippen molar-refractivity contribution in [2.45, 2.75) is 149 Å². The predicted octanol–water partition coefficient (Wildman–Crippen LogP) is 7.89. The summed E-state index contributed by atoms with van der Waals surface area (Å²) in [5, 5.41) is 4.57. The first kappa shape index (κ1) is 27.7. The Morgan fingerprint density at radius 2 is 1.22 bits per heavy atom. The third-order valence-corrected chi connectivity index (χ3v) is 8.40. The van der Waals surface area contributed by atoms with Gasteiger partial charge in [-0.3, -0.25) is 4.84 Å². The molecule has 2 saturated heterocycles. The number of piperidine rings is 2. The predicted molar refractivity (Wildman–Crippen MR) is 136 cm³/mol. The van der Waals surface area contributed by atoms with E-state index >= 15 is 0 Å². The Kier molecular flexibility index (Phi) is 9.32. The normalized spacial score (nSPS) is 29.9. The number of nitrogens with zero attached hydrogens (tertiary/aromatic N) is 2. The fraction of sp³-hybridized carbons (Fsp3) is 0.929. The Hall–Kier alpha value is -0.580. The van der Waals surface area contributed by atoms with Crippen LogP contribution < -0.4 is 0 Å². The van der Waals surface area contributed by atoms with E-state index in [0.717, 1.165) is 6.42 Å². The van der Waals surface area contributed by atoms with Gasteiger partial charge in [-0.25, -0.2) is 0 Å². The van der Waals surface area contributed by atoms with Gasteiger partial charge in [0.05, 0.1) is 17.7 Å². The number of hydroxylamine groups is 4. The molecule has 2 aliphatic rings. The fourth-order valence-corrected chi connectivity index (χ4v) is 6.55. The van der Waals surface area contributed by atoms with Crippen LogP contribution >= 0.6 is 0 Å². The van der Waals surface area contributed by atoms with Gasteiger partial charge in [0, 0.05) is 11.1 Å². The van der Waals surface area contributed by atoms with Crippen molar-refractivity contribution >= 4 is 0 Å². The van der Waals surface area contributed by atoms with E-state index in [1.807, 2.05) is 6.26 Å². The quantitative estimate of drug-likeness (QED) is 0.249. The summed E-state index contributed by atoms with van der Waals surface area (Å²) < 4.78 is 0. The highest BCUT2D eigenvalue weighted by Crippen LogP contribution is 2.45. The molecule has 0 N–H and O–H groups in total. The van der Waals surface area contributed by atoms with Gasteiger partial charge in [0.1, 0.15) is 6.26 Å². The minimum atomic E-state index is 0.0364. The van der Waals surface area contributed by atoms with Gasteiger partial charge >= 0.3 is 0 Å². The largest absolute Gasteiger partial charge is 0.413 e. The first-order valence-electron chi connectivity index (χ1n) is 13.4. The summed E-state index contributed by atoms with van der Waals surface area (Å²) in [6.45, 7) is 23.9. The molecule has 0 aromatic heterocycles. The molecule has 0 spiro atoms. The smallest absolute Gasteiger partial charge is 0.107 e. The maximum atomic E-state index is 6.43. The first-order valence-corrected chi connectivity index (χ1v) is 13.4. The van der Waals surface area contributed by atoms with Crippen LogP contribution in [-0.4, -0.2) is 38.9 Å². The van der Waals surface area contributed by atoms with Gasteiger partial charge in [-0.1, -0.05) is 26.7 Å². The Labute approximate surface area is 200 Å². The van der Waals surface area contributed by atoms with Crippen molar-refractivity contribution in [2.24, 2.45) is 11.8 Å². The van der Waals surface area contributed by atoms with Crippen LogP contribution in [0.2, 0.25) is 0 Å². The van der Waals surface area contributed by atoms with Crippen LogP contribution in [0.1, 0.15) is 127 Å². The molecular formula is C28H54N2O2. The summed E-state index contributed by atoms with van der Waals surface area (Å²) in [5.41, 5.74) is 0.220. The third-order valence-electron chi connectivity index (χ3n) is 8.40. The van der Waals surface area contributed by atoms with Crippen molar-refractivity contribution in [1.82, 2.24) is 10.1 Å². The lowest BCUT2D eigenvalue weighted by Gasteiger charge is -2.55. The standard InChI is InChI=1S/C28H54N2O2/c1-11-15-23-17-19-25(3,4)29(27(23,7)8)31-21-13-14-22-32-30-26(5,6)20-18-24(16-12-2)28(30,9)10/h13,21,23-24H,11-12,14-20,22H2,1-10H3/b21-13+. The minimum absolute atomic E-state index is 0.0364. The third kappa shape index (κ3) is 6.10. The van der Waals surface area contributed by atoms with Crippen LogP contribution in [0.25, 0.3) is 0 Å². The van der Waals surface area contributed by atoms with Crippen LogP contribution in [0.4, 0.5) is 0 Å². The maximum Gasteiger partial charge on any atom is 0.107 e. The molecule has 0 aromatic rings. The summed E-state index contributed by atoms with van der Waals surface area (Å²) in [4.78, 5) is 12.7. The first-order chi connectivity index (χ1) is 14.8. The average Bonchev–Trinajstić information content (AvgIpc) is 2.67. The number of hydrogen-bond acceptors (Lipinski definition) is 4. The molecule has 0 aromatic carbocycles. The molecule has 2 heterocycles. The molecule has 2 unspecified atom stereocenters. The van der Waals surface area contributed by atoms with E-state index in [9.17, 15) is 0 Å². The molecule has 0 bridgehead atoms. The van der Waals surface area contributed by atoms with Gasteiger partial charge in [-0.15, -0.1) is 5.06 Å². The SMILES string of the molecule is CCCC1CCC(C)(C)N(O/C=C/CCON2C(C)(C)CCC(CCC)C2(C)C)C1(C)C. The van der Waals surface area contributed by atoms with Gasteiger partial charge in [-0.2, -0.15) is 5.06 Å². The van der Waals surface area contributed by atoms with Crippen LogP contribution in [0.15, 0.2) is 12.3 Å². The van der Waals surface area contributed by atoms with E-state index < -0.39 is 0 Å². The highest BCUT2D eigenvalue weighted by Gasteiger charge is 2.49. The van der Waals surface area contributed by atoms with Gasteiger partial charge in [0.15, 0.2) is 0 Å². The highest BCUT2D eigenvalue weighted by molar-refractivity contribution is 4.99. The van der Waals surface area contributed by atoms with Crippen LogP contribution in [0, 0.1) is 11.8 Å². The van der Waals surface area contributed by atoms with Crippen molar-refractivity contribution in [3.05, 3.63) is 12.3 Å². The molecule has 2 fully saturated rings. The summed E-state index contributed by atoms with van der Waals surface area (Å²) >= 11 is 0. The molecular weight excluding hydrogens is 396 g/mol. The molecule has 32 heavy (non-hydrogen) atoms. The monoisotopic (exact) mass is 450 g/mol. The molecule has 0 radical (unpaired) electrons. The lowest BCUT2D eigenvalue weighted by molar-refractivity contribution is -0.294. The van der Waals surface area contributed by atoms with Crippen molar-refractivity contribution in [1.29, 1.82) is 0 Å². The van der Waals surface area contributed by atoms with E-state index in [1.54, 1.807) is 0 Å². The molecule has 0 saturated carbocycles. The number of hydrogen-bond donors (Lipinski definition) is 0. The average molecular weight is 451 g/mol. The van der Waals surface area contributed by atoms with E-state index in [1.165, 1.54) is 51.4 Å². The zero-order valence-electron chi connectivity index (χ0n) is 23.1. The summed E-state index contributed by atoms with van der Waals surface area (Å²) in [6.07, 6.45) is 14.8. The summed E-state index contributed by atoms with van der Waals surface area (Å²) in [6, 6.07) is 0. The van der Waals surface area contributed by atoms with Gasteiger partial charge in [-0.05, 0) is 118 Å². The van der Waals surface area contributed by atoms with E-state index in [-0.39, 0.29) is 22.2 Å². The zero-order valence-corrected chi connectivity index (χ0v) is 23.1. The van der Waals surface area contributed by atoms with Crippen molar-refractivity contribution in [2.75, 3.05) is 6.61 Å². The van der Waals surface area contributed by atoms with E-state index in [0.29, 0.717) is 18.4 Å². The fourth-order valence-electron chi connectivity index (χ4n) is 6.55. The molecule has 0 aliphatic carbocycles. The number of rotatable bonds is 10. The van der Waals surface area contributed by atoms with Gasteiger partial charge in [0.25, 0.3) is 0 Å². The summed E-state index contributed by atoms with van der Waals surface area (Å²) in [7, 11) is 0. The lowest BCUT2D eigenvalue weighted by Crippen LogP contribution is -2.62. The molecule has 2 rings (SSSR count). The molecule has 188 valence electrons. The highest BCUT2D eigenvalue weighted by atomic mass is 16.7. The van der Waals surface area contributed by atoms with Crippen molar-refractivity contribution in [3.8, 4) is 0 Å². The summed E-state index contributed by atoms with van der Waals surface area (Å²) in [5.74, 6) is 1.37. The lowest BCUT2D eigenvalue weighted by atomic mass is 9.72. The van der Waals surface area contributed by atoms with Crippen molar-refractivity contribution < 1.29 is 9.68 Å². The minimum Gasteiger partial charge on any atom is -0.413 e. The Morgan fingerprint density at radius 1 is 0.750 bits per heavy atom. The Balaban J connectivity index is 1.93. The second-order valence-electron chi connectivity index (χ2n) is 12.7. The Bertz CT molecular complexity index is 609. The van der Waals surface area contributed by atoms with Crippen LogP contribution in [0.5, 0.6) is 0 Å². The Morgan fingerprint density at radius 3 is 1.72 bits per heavy atom. The van der Waals surface area contributed by atoms with Gasteiger partial charge < -0.3 is 4.84 Å². The molecule has 2 aliphatic heterocycles. The van der Waals surface area contributed by atoms with E-state index in [2.05, 4.69) is 85.4 Å². The second kappa shape index (κ2) is 10.8.